The SMILES string of the molecule is CCCOc1cccc(C(=O)NCC2CCCCC2O)c1. The second-order valence-corrected chi connectivity index (χ2v) is 5.70. The maximum absolute atomic E-state index is 12.2. The van der Waals surface area contributed by atoms with Gasteiger partial charge in [-0.25, -0.2) is 0 Å². The summed E-state index contributed by atoms with van der Waals surface area (Å²) >= 11 is 0. The molecule has 4 heteroatoms. The Morgan fingerprint density at radius 2 is 2.19 bits per heavy atom. The lowest BCUT2D eigenvalue weighted by atomic mass is 9.86. The Kier molecular flexibility index (Phi) is 6.05. The van der Waals surface area contributed by atoms with Crippen molar-refractivity contribution in [3.8, 4) is 5.75 Å². The molecule has 1 aromatic carbocycles. The molecule has 2 unspecified atom stereocenters. The summed E-state index contributed by atoms with van der Waals surface area (Å²) in [6, 6.07) is 7.24. The van der Waals surface area contributed by atoms with Crippen molar-refractivity contribution in [3.63, 3.8) is 0 Å². The summed E-state index contributed by atoms with van der Waals surface area (Å²) in [4.78, 5) is 12.2. The summed E-state index contributed by atoms with van der Waals surface area (Å²) in [7, 11) is 0. The van der Waals surface area contributed by atoms with Crippen molar-refractivity contribution in [3.05, 3.63) is 29.8 Å². The van der Waals surface area contributed by atoms with Gasteiger partial charge in [-0.05, 0) is 37.5 Å². The fourth-order valence-electron chi connectivity index (χ4n) is 2.70. The second-order valence-electron chi connectivity index (χ2n) is 5.70. The number of hydrogen-bond acceptors (Lipinski definition) is 3. The van der Waals surface area contributed by atoms with Crippen molar-refractivity contribution in [1.82, 2.24) is 5.32 Å². The predicted molar refractivity (Wildman–Crippen MR) is 82.5 cm³/mol. The summed E-state index contributed by atoms with van der Waals surface area (Å²) < 4.78 is 5.54. The zero-order valence-electron chi connectivity index (χ0n) is 12.7. The summed E-state index contributed by atoms with van der Waals surface area (Å²) in [6.07, 6.45) is 4.72. The van der Waals surface area contributed by atoms with Crippen LogP contribution in [0.3, 0.4) is 0 Å². The molecule has 0 aliphatic heterocycles. The third kappa shape index (κ3) is 4.74. The Morgan fingerprint density at radius 3 is 2.95 bits per heavy atom. The summed E-state index contributed by atoms with van der Waals surface area (Å²) in [5, 5.41) is 12.9. The standard InChI is InChI=1S/C17H25NO3/c1-2-10-21-15-8-5-7-13(11-15)17(20)18-12-14-6-3-4-9-16(14)19/h5,7-8,11,14,16,19H,2-4,6,9-10,12H2,1H3,(H,18,20). The van der Waals surface area contributed by atoms with Gasteiger partial charge in [0.25, 0.3) is 5.91 Å². The van der Waals surface area contributed by atoms with Crippen molar-refractivity contribution in [2.75, 3.05) is 13.2 Å². The normalized spacial score (nSPS) is 21.8. The zero-order valence-corrected chi connectivity index (χ0v) is 12.7. The molecular formula is C17H25NO3. The molecular weight excluding hydrogens is 266 g/mol. The van der Waals surface area contributed by atoms with E-state index in [0.717, 1.165) is 37.9 Å². The topological polar surface area (TPSA) is 58.6 Å². The highest BCUT2D eigenvalue weighted by atomic mass is 16.5. The van der Waals surface area contributed by atoms with Gasteiger partial charge in [-0.3, -0.25) is 4.79 Å². The quantitative estimate of drug-likeness (QED) is 0.847. The number of amides is 1. The van der Waals surface area contributed by atoms with Crippen LogP contribution in [-0.2, 0) is 0 Å². The van der Waals surface area contributed by atoms with E-state index < -0.39 is 0 Å². The fourth-order valence-corrected chi connectivity index (χ4v) is 2.70. The van der Waals surface area contributed by atoms with E-state index in [9.17, 15) is 9.90 Å². The van der Waals surface area contributed by atoms with Gasteiger partial charge in [-0.15, -0.1) is 0 Å². The van der Waals surface area contributed by atoms with Gasteiger partial charge in [0.05, 0.1) is 12.7 Å². The van der Waals surface area contributed by atoms with E-state index in [1.165, 1.54) is 0 Å². The number of aliphatic hydroxyl groups is 1. The van der Waals surface area contributed by atoms with Crippen molar-refractivity contribution in [2.45, 2.75) is 45.1 Å². The van der Waals surface area contributed by atoms with Crippen LogP contribution in [0.4, 0.5) is 0 Å². The molecule has 0 saturated heterocycles. The van der Waals surface area contributed by atoms with Gasteiger partial charge in [0.1, 0.15) is 5.75 Å². The van der Waals surface area contributed by atoms with Crippen LogP contribution in [-0.4, -0.2) is 30.3 Å². The van der Waals surface area contributed by atoms with Gasteiger partial charge < -0.3 is 15.2 Å². The molecule has 1 saturated carbocycles. The summed E-state index contributed by atoms with van der Waals surface area (Å²) in [5.41, 5.74) is 0.605. The van der Waals surface area contributed by atoms with Crippen LogP contribution in [0.1, 0.15) is 49.4 Å². The molecule has 0 bridgehead atoms. The number of rotatable bonds is 6. The van der Waals surface area contributed by atoms with E-state index in [1.54, 1.807) is 12.1 Å². The van der Waals surface area contributed by atoms with Gasteiger partial charge in [-0.1, -0.05) is 25.8 Å². The maximum Gasteiger partial charge on any atom is 0.251 e. The molecule has 0 aromatic heterocycles. The van der Waals surface area contributed by atoms with E-state index in [-0.39, 0.29) is 17.9 Å². The predicted octanol–water partition coefficient (Wildman–Crippen LogP) is 2.76. The molecule has 1 aliphatic carbocycles. The van der Waals surface area contributed by atoms with Crippen LogP contribution in [0, 0.1) is 5.92 Å². The van der Waals surface area contributed by atoms with E-state index in [2.05, 4.69) is 5.32 Å². The molecule has 1 amide bonds. The molecule has 0 radical (unpaired) electrons. The Morgan fingerprint density at radius 1 is 1.38 bits per heavy atom. The minimum absolute atomic E-state index is 0.102. The lowest BCUT2D eigenvalue weighted by Gasteiger charge is -2.27. The second kappa shape index (κ2) is 8.03. The number of ether oxygens (including phenoxy) is 1. The molecule has 2 atom stereocenters. The number of nitrogens with one attached hydrogen (secondary N) is 1. The Labute approximate surface area is 126 Å². The van der Waals surface area contributed by atoms with Gasteiger partial charge in [0, 0.05) is 18.0 Å². The molecule has 1 aromatic rings. The summed E-state index contributed by atoms with van der Waals surface area (Å²) in [6.45, 7) is 3.24. The fraction of sp³-hybridized carbons (Fsp3) is 0.588. The molecule has 0 spiro atoms. The van der Waals surface area contributed by atoms with Crippen molar-refractivity contribution in [1.29, 1.82) is 0 Å². The molecule has 2 rings (SSSR count). The average Bonchev–Trinajstić information content (AvgIpc) is 2.52. The Bertz CT molecular complexity index is 461. The highest BCUT2D eigenvalue weighted by molar-refractivity contribution is 5.94. The van der Waals surface area contributed by atoms with Gasteiger partial charge in [0.2, 0.25) is 0 Å². The summed E-state index contributed by atoms with van der Waals surface area (Å²) in [5.74, 6) is 0.805. The Hall–Kier alpha value is -1.55. The van der Waals surface area contributed by atoms with Crippen LogP contribution >= 0.6 is 0 Å². The monoisotopic (exact) mass is 291 g/mol. The first-order valence-corrected chi connectivity index (χ1v) is 7.90. The van der Waals surface area contributed by atoms with Crippen molar-refractivity contribution in [2.24, 2.45) is 5.92 Å². The molecule has 2 N–H and O–H groups in total. The Balaban J connectivity index is 1.87. The molecule has 21 heavy (non-hydrogen) atoms. The number of carbonyl (C=O) groups excluding carboxylic acids is 1. The number of aliphatic hydroxyl groups excluding tert-OH is 1. The highest BCUT2D eigenvalue weighted by Gasteiger charge is 2.23. The number of hydrogen-bond donors (Lipinski definition) is 2. The average molecular weight is 291 g/mol. The van der Waals surface area contributed by atoms with E-state index in [1.807, 2.05) is 19.1 Å². The first kappa shape index (κ1) is 15.8. The number of carbonyl (C=O) groups is 1. The molecule has 116 valence electrons. The van der Waals surface area contributed by atoms with Crippen LogP contribution in [0.5, 0.6) is 5.75 Å². The molecule has 1 fully saturated rings. The zero-order chi connectivity index (χ0) is 15.1. The third-order valence-corrected chi connectivity index (χ3v) is 3.96. The van der Waals surface area contributed by atoms with Gasteiger partial charge in [0.15, 0.2) is 0 Å². The largest absolute Gasteiger partial charge is 0.494 e. The highest BCUT2D eigenvalue weighted by Crippen LogP contribution is 2.23. The minimum atomic E-state index is -0.279. The van der Waals surface area contributed by atoms with E-state index in [4.69, 9.17) is 4.74 Å². The van der Waals surface area contributed by atoms with Crippen LogP contribution in [0.25, 0.3) is 0 Å². The van der Waals surface area contributed by atoms with E-state index >= 15 is 0 Å². The lowest BCUT2D eigenvalue weighted by molar-refractivity contribution is 0.0663. The van der Waals surface area contributed by atoms with E-state index in [0.29, 0.717) is 18.7 Å². The van der Waals surface area contributed by atoms with Crippen LogP contribution in [0.15, 0.2) is 24.3 Å². The first-order chi connectivity index (χ1) is 10.2. The molecule has 4 nitrogen and oxygen atoms in total. The first-order valence-electron chi connectivity index (χ1n) is 7.90. The third-order valence-electron chi connectivity index (χ3n) is 3.96. The van der Waals surface area contributed by atoms with Crippen LogP contribution in [0.2, 0.25) is 0 Å². The van der Waals surface area contributed by atoms with Crippen LogP contribution < -0.4 is 10.1 Å². The number of benzene rings is 1. The minimum Gasteiger partial charge on any atom is -0.494 e. The molecule has 1 aliphatic rings. The molecule has 0 heterocycles. The van der Waals surface area contributed by atoms with Crippen molar-refractivity contribution < 1.29 is 14.6 Å². The van der Waals surface area contributed by atoms with Crippen molar-refractivity contribution >= 4 is 5.91 Å². The van der Waals surface area contributed by atoms with Gasteiger partial charge in [-0.2, -0.15) is 0 Å². The van der Waals surface area contributed by atoms with Gasteiger partial charge >= 0.3 is 0 Å². The smallest absolute Gasteiger partial charge is 0.251 e. The lowest BCUT2D eigenvalue weighted by Crippen LogP contribution is -2.36. The maximum atomic E-state index is 12.2.